The Morgan fingerprint density at radius 3 is 2.63 bits per heavy atom. The van der Waals surface area contributed by atoms with E-state index >= 15 is 0 Å². The van der Waals surface area contributed by atoms with Crippen molar-refractivity contribution < 1.29 is 8.42 Å². The van der Waals surface area contributed by atoms with Crippen LogP contribution in [0.3, 0.4) is 0 Å². The summed E-state index contributed by atoms with van der Waals surface area (Å²) in [5.74, 6) is 0.404. The first-order valence-corrected chi connectivity index (χ1v) is 8.39. The molecule has 4 nitrogen and oxygen atoms in total. The van der Waals surface area contributed by atoms with Crippen molar-refractivity contribution in [2.24, 2.45) is 11.7 Å². The van der Waals surface area contributed by atoms with Crippen LogP contribution in [-0.2, 0) is 15.8 Å². The highest BCUT2D eigenvalue weighted by Crippen LogP contribution is 2.26. The Bertz CT molecular complexity index is 501. The Kier molecular flexibility index (Phi) is 4.60. The van der Waals surface area contributed by atoms with Gasteiger partial charge in [-0.15, -0.1) is 0 Å². The topological polar surface area (TPSA) is 63.4 Å². The molecule has 0 unspecified atom stereocenters. The van der Waals surface area contributed by atoms with Crippen LogP contribution in [0.5, 0.6) is 0 Å². The van der Waals surface area contributed by atoms with E-state index < -0.39 is 10.0 Å². The molecule has 0 aliphatic carbocycles. The molecular formula is C14H22N2O2S. The largest absolute Gasteiger partial charge is 0.329 e. The van der Waals surface area contributed by atoms with E-state index in [1.54, 1.807) is 4.31 Å². The third-order valence-electron chi connectivity index (χ3n) is 3.86. The standard InChI is InChI=1S/C14H22N2O2S/c1-12-6-5-9-16(14(12)10-15)19(17,18)11-13-7-3-2-4-8-13/h2-4,7-8,12,14H,5-6,9-11,15H2,1H3/t12-,14-/m0/s1. The fraction of sp³-hybridized carbons (Fsp3) is 0.571. The summed E-state index contributed by atoms with van der Waals surface area (Å²) in [5.41, 5.74) is 6.60. The second-order valence-corrected chi connectivity index (χ2v) is 7.20. The van der Waals surface area contributed by atoms with Crippen molar-refractivity contribution in [1.29, 1.82) is 0 Å². The van der Waals surface area contributed by atoms with Crippen LogP contribution >= 0.6 is 0 Å². The zero-order chi connectivity index (χ0) is 13.9. The van der Waals surface area contributed by atoms with E-state index in [0.29, 0.717) is 19.0 Å². The van der Waals surface area contributed by atoms with Gasteiger partial charge in [0.15, 0.2) is 0 Å². The van der Waals surface area contributed by atoms with E-state index in [0.717, 1.165) is 18.4 Å². The number of benzene rings is 1. The maximum Gasteiger partial charge on any atom is 0.218 e. The monoisotopic (exact) mass is 282 g/mol. The summed E-state index contributed by atoms with van der Waals surface area (Å²) in [6.45, 7) is 3.08. The van der Waals surface area contributed by atoms with Gasteiger partial charge < -0.3 is 5.73 Å². The van der Waals surface area contributed by atoms with Gasteiger partial charge in [-0.05, 0) is 24.3 Å². The molecular weight excluding hydrogens is 260 g/mol. The summed E-state index contributed by atoms with van der Waals surface area (Å²) in [6.07, 6.45) is 1.98. The van der Waals surface area contributed by atoms with Gasteiger partial charge in [-0.1, -0.05) is 37.3 Å². The molecule has 0 radical (unpaired) electrons. The van der Waals surface area contributed by atoms with E-state index in [1.807, 2.05) is 30.3 Å². The summed E-state index contributed by atoms with van der Waals surface area (Å²) in [6, 6.07) is 9.27. The van der Waals surface area contributed by atoms with Gasteiger partial charge in [-0.25, -0.2) is 8.42 Å². The number of nitrogens with zero attached hydrogens (tertiary/aromatic N) is 1. The summed E-state index contributed by atoms with van der Waals surface area (Å²) in [7, 11) is -3.28. The molecule has 0 amide bonds. The van der Waals surface area contributed by atoms with E-state index in [1.165, 1.54) is 0 Å². The van der Waals surface area contributed by atoms with E-state index in [-0.39, 0.29) is 11.8 Å². The van der Waals surface area contributed by atoms with Gasteiger partial charge in [0, 0.05) is 19.1 Å². The minimum atomic E-state index is -3.28. The van der Waals surface area contributed by atoms with Gasteiger partial charge >= 0.3 is 0 Å². The molecule has 1 aromatic rings. The first-order chi connectivity index (χ1) is 9.04. The smallest absolute Gasteiger partial charge is 0.218 e. The van der Waals surface area contributed by atoms with Crippen LogP contribution in [0, 0.1) is 5.92 Å². The average Bonchev–Trinajstić information content (AvgIpc) is 2.39. The molecule has 2 N–H and O–H groups in total. The van der Waals surface area contributed by atoms with Crippen molar-refractivity contribution in [3.63, 3.8) is 0 Å². The van der Waals surface area contributed by atoms with Crippen molar-refractivity contribution in [3.05, 3.63) is 35.9 Å². The minimum absolute atomic E-state index is 0.0533. The molecule has 1 aliphatic rings. The van der Waals surface area contributed by atoms with Crippen LogP contribution in [0.4, 0.5) is 0 Å². The van der Waals surface area contributed by atoms with Crippen molar-refractivity contribution in [1.82, 2.24) is 4.31 Å². The third kappa shape index (κ3) is 3.35. The maximum absolute atomic E-state index is 12.5. The second kappa shape index (κ2) is 6.03. The third-order valence-corrected chi connectivity index (χ3v) is 5.72. The highest BCUT2D eigenvalue weighted by atomic mass is 32.2. The van der Waals surface area contributed by atoms with Crippen molar-refractivity contribution >= 4 is 10.0 Å². The molecule has 2 rings (SSSR count). The van der Waals surface area contributed by atoms with Gasteiger partial charge in [0.25, 0.3) is 0 Å². The van der Waals surface area contributed by atoms with E-state index in [2.05, 4.69) is 6.92 Å². The molecule has 5 heteroatoms. The van der Waals surface area contributed by atoms with Gasteiger partial charge in [-0.3, -0.25) is 0 Å². The Morgan fingerprint density at radius 1 is 1.32 bits per heavy atom. The molecule has 1 saturated heterocycles. The van der Waals surface area contributed by atoms with Crippen LogP contribution in [0.2, 0.25) is 0 Å². The van der Waals surface area contributed by atoms with Crippen molar-refractivity contribution in [3.8, 4) is 0 Å². The van der Waals surface area contributed by atoms with Gasteiger partial charge in [-0.2, -0.15) is 4.31 Å². The maximum atomic E-state index is 12.5. The zero-order valence-corrected chi connectivity index (χ0v) is 12.1. The summed E-state index contributed by atoms with van der Waals surface area (Å²) < 4.78 is 26.7. The number of piperidine rings is 1. The average molecular weight is 282 g/mol. The second-order valence-electron chi connectivity index (χ2n) is 5.28. The molecule has 0 bridgehead atoms. The Hall–Kier alpha value is -0.910. The molecule has 0 saturated carbocycles. The first-order valence-electron chi connectivity index (χ1n) is 6.78. The van der Waals surface area contributed by atoms with Gasteiger partial charge in [0.05, 0.1) is 5.75 Å². The normalized spacial score (nSPS) is 25.4. The van der Waals surface area contributed by atoms with Crippen LogP contribution in [0.25, 0.3) is 0 Å². The molecule has 0 spiro atoms. The Morgan fingerprint density at radius 2 is 2.00 bits per heavy atom. The number of hydrogen-bond donors (Lipinski definition) is 1. The summed E-state index contributed by atoms with van der Waals surface area (Å²) >= 11 is 0. The summed E-state index contributed by atoms with van der Waals surface area (Å²) in [5, 5.41) is 0. The van der Waals surface area contributed by atoms with Crippen molar-refractivity contribution in [2.45, 2.75) is 31.6 Å². The molecule has 2 atom stereocenters. The van der Waals surface area contributed by atoms with Crippen molar-refractivity contribution in [2.75, 3.05) is 13.1 Å². The van der Waals surface area contributed by atoms with Gasteiger partial charge in [0.2, 0.25) is 10.0 Å². The predicted molar refractivity (Wildman–Crippen MR) is 77.0 cm³/mol. The molecule has 0 aromatic heterocycles. The van der Waals surface area contributed by atoms with E-state index in [4.69, 9.17) is 5.73 Å². The number of hydrogen-bond acceptors (Lipinski definition) is 3. The number of sulfonamides is 1. The first kappa shape index (κ1) is 14.5. The Labute approximate surface area is 115 Å². The van der Waals surface area contributed by atoms with Gasteiger partial charge in [0.1, 0.15) is 0 Å². The van der Waals surface area contributed by atoms with Crippen LogP contribution in [0.15, 0.2) is 30.3 Å². The Balaban J connectivity index is 2.18. The number of rotatable bonds is 4. The lowest BCUT2D eigenvalue weighted by atomic mass is 9.93. The SMILES string of the molecule is C[C@H]1CCCN(S(=O)(=O)Cc2ccccc2)[C@H]1CN. The quantitative estimate of drug-likeness (QED) is 0.912. The fourth-order valence-corrected chi connectivity index (χ4v) is 4.67. The zero-order valence-electron chi connectivity index (χ0n) is 11.3. The lowest BCUT2D eigenvalue weighted by Crippen LogP contribution is -2.51. The lowest BCUT2D eigenvalue weighted by Gasteiger charge is -2.38. The van der Waals surface area contributed by atoms with Crippen LogP contribution < -0.4 is 5.73 Å². The molecule has 1 aromatic carbocycles. The molecule has 1 aliphatic heterocycles. The summed E-state index contributed by atoms with van der Waals surface area (Å²) in [4.78, 5) is 0. The van der Waals surface area contributed by atoms with E-state index in [9.17, 15) is 8.42 Å². The highest BCUT2D eigenvalue weighted by molar-refractivity contribution is 7.88. The fourth-order valence-electron chi connectivity index (χ4n) is 2.77. The molecule has 1 heterocycles. The predicted octanol–water partition coefficient (Wildman–Crippen LogP) is 1.58. The van der Waals surface area contributed by atoms with Crippen LogP contribution in [0.1, 0.15) is 25.3 Å². The van der Waals surface area contributed by atoms with Crippen LogP contribution in [-0.4, -0.2) is 31.9 Å². The number of nitrogens with two attached hydrogens (primary N) is 1. The molecule has 106 valence electrons. The lowest BCUT2D eigenvalue weighted by molar-refractivity contribution is 0.192. The molecule has 1 fully saturated rings. The molecule has 19 heavy (non-hydrogen) atoms. The minimum Gasteiger partial charge on any atom is -0.329 e. The highest BCUT2D eigenvalue weighted by Gasteiger charge is 2.35.